The first kappa shape index (κ1) is 8.95. The molecule has 13 heavy (non-hydrogen) atoms. The lowest BCUT2D eigenvalue weighted by Crippen LogP contribution is -2.23. The van der Waals surface area contributed by atoms with E-state index in [-0.39, 0.29) is 0 Å². The third kappa shape index (κ3) is 2.19. The van der Waals surface area contributed by atoms with Crippen molar-refractivity contribution in [1.29, 1.82) is 0 Å². The molecule has 2 rings (SSSR count). The largest absolute Gasteiger partial charge is 0.492 e. The van der Waals surface area contributed by atoms with Crippen LogP contribution in [-0.4, -0.2) is 17.6 Å². The van der Waals surface area contributed by atoms with E-state index in [0.29, 0.717) is 0 Å². The quantitative estimate of drug-likeness (QED) is 0.731. The van der Waals surface area contributed by atoms with E-state index in [0.717, 1.165) is 17.6 Å². The third-order valence-corrected chi connectivity index (χ3v) is 3.63. The fourth-order valence-corrected chi connectivity index (χ4v) is 2.05. The summed E-state index contributed by atoms with van der Waals surface area (Å²) in [7, 11) is 0. The maximum Gasteiger partial charge on any atom is 0.122 e. The highest BCUT2D eigenvalue weighted by Gasteiger charge is 2.18. The van der Waals surface area contributed by atoms with E-state index in [1.807, 2.05) is 30.0 Å². The molecular formula is C11H14OS. The summed E-state index contributed by atoms with van der Waals surface area (Å²) in [5, 5.41) is 0.736. The number of aryl methyl sites for hydroxylation is 1. The van der Waals surface area contributed by atoms with E-state index in [9.17, 15) is 0 Å². The van der Waals surface area contributed by atoms with Gasteiger partial charge in [0.05, 0.1) is 0 Å². The van der Waals surface area contributed by atoms with Crippen molar-refractivity contribution in [2.24, 2.45) is 0 Å². The van der Waals surface area contributed by atoms with Crippen LogP contribution in [0.2, 0.25) is 0 Å². The molecule has 0 bridgehead atoms. The number of hydrogen-bond donors (Lipinski definition) is 0. The number of ether oxygens (including phenoxy) is 1. The van der Waals surface area contributed by atoms with Crippen molar-refractivity contribution < 1.29 is 4.74 Å². The molecule has 1 atom stereocenters. The number of hydrogen-bond acceptors (Lipinski definition) is 2. The van der Waals surface area contributed by atoms with Gasteiger partial charge in [0.2, 0.25) is 0 Å². The molecule has 0 spiro atoms. The molecule has 0 radical (unpaired) electrons. The molecule has 2 heteroatoms. The average Bonchev–Trinajstić information content (AvgIpc) is 2.05. The maximum absolute atomic E-state index is 5.72. The minimum Gasteiger partial charge on any atom is -0.492 e. The Hall–Kier alpha value is -0.630. The first-order valence-electron chi connectivity index (χ1n) is 4.66. The van der Waals surface area contributed by atoms with Gasteiger partial charge in [-0.3, -0.25) is 0 Å². The van der Waals surface area contributed by atoms with E-state index >= 15 is 0 Å². The van der Waals surface area contributed by atoms with E-state index in [2.05, 4.69) is 13.0 Å². The Labute approximate surface area is 83.5 Å². The number of benzene rings is 1. The van der Waals surface area contributed by atoms with Crippen LogP contribution in [0, 0.1) is 6.92 Å². The van der Waals surface area contributed by atoms with Crippen LogP contribution in [0.1, 0.15) is 12.0 Å². The fourth-order valence-electron chi connectivity index (χ4n) is 1.32. The van der Waals surface area contributed by atoms with Gasteiger partial charge in [-0.2, -0.15) is 11.8 Å². The average molecular weight is 194 g/mol. The van der Waals surface area contributed by atoms with Gasteiger partial charge in [0.1, 0.15) is 12.4 Å². The summed E-state index contributed by atoms with van der Waals surface area (Å²) in [4.78, 5) is 0. The van der Waals surface area contributed by atoms with Gasteiger partial charge in [0.25, 0.3) is 0 Å². The van der Waals surface area contributed by atoms with Crippen molar-refractivity contribution in [3.05, 3.63) is 29.8 Å². The Balaban J connectivity index is 1.89. The van der Waals surface area contributed by atoms with Crippen LogP contribution in [-0.2, 0) is 0 Å². The second kappa shape index (κ2) is 4.05. The predicted octanol–water partition coefficient (Wildman–Crippen LogP) is 2.88. The number of rotatable bonds is 3. The van der Waals surface area contributed by atoms with Gasteiger partial charge in [0, 0.05) is 5.25 Å². The van der Waals surface area contributed by atoms with Crippen LogP contribution in [0.15, 0.2) is 24.3 Å². The Morgan fingerprint density at radius 2 is 2.23 bits per heavy atom. The van der Waals surface area contributed by atoms with Crippen LogP contribution < -0.4 is 4.74 Å². The highest BCUT2D eigenvalue weighted by atomic mass is 32.2. The van der Waals surface area contributed by atoms with E-state index in [4.69, 9.17) is 4.74 Å². The van der Waals surface area contributed by atoms with Crippen molar-refractivity contribution in [2.75, 3.05) is 12.4 Å². The van der Waals surface area contributed by atoms with E-state index in [1.165, 1.54) is 17.7 Å². The highest BCUT2D eigenvalue weighted by molar-refractivity contribution is 8.01. The first-order chi connectivity index (χ1) is 6.36. The van der Waals surface area contributed by atoms with Gasteiger partial charge in [-0.25, -0.2) is 0 Å². The normalized spacial score (nSPS) is 20.8. The lowest BCUT2D eigenvalue weighted by Gasteiger charge is -2.25. The molecular weight excluding hydrogens is 180 g/mol. The van der Waals surface area contributed by atoms with Crippen molar-refractivity contribution >= 4 is 11.8 Å². The second-order valence-corrected chi connectivity index (χ2v) is 4.77. The monoisotopic (exact) mass is 194 g/mol. The molecule has 1 aromatic rings. The van der Waals surface area contributed by atoms with Crippen molar-refractivity contribution in [1.82, 2.24) is 0 Å². The molecule has 1 aliphatic heterocycles. The zero-order valence-electron chi connectivity index (χ0n) is 7.82. The summed E-state index contributed by atoms with van der Waals surface area (Å²) in [6.07, 6.45) is 1.32. The van der Waals surface area contributed by atoms with Crippen LogP contribution in [0.4, 0.5) is 0 Å². The summed E-state index contributed by atoms with van der Waals surface area (Å²) < 4.78 is 5.72. The molecule has 1 saturated heterocycles. The van der Waals surface area contributed by atoms with Crippen LogP contribution >= 0.6 is 11.8 Å². The molecule has 0 saturated carbocycles. The molecule has 70 valence electrons. The summed E-state index contributed by atoms with van der Waals surface area (Å²) in [6.45, 7) is 2.96. The topological polar surface area (TPSA) is 9.23 Å². The van der Waals surface area contributed by atoms with Crippen molar-refractivity contribution in [2.45, 2.75) is 18.6 Å². The number of para-hydroxylation sites is 1. The zero-order valence-corrected chi connectivity index (χ0v) is 8.64. The van der Waals surface area contributed by atoms with Crippen LogP contribution in [0.5, 0.6) is 5.75 Å². The smallest absolute Gasteiger partial charge is 0.122 e. The van der Waals surface area contributed by atoms with Gasteiger partial charge >= 0.3 is 0 Å². The number of thioether (sulfide) groups is 1. The minimum atomic E-state index is 0.736. The lowest BCUT2D eigenvalue weighted by molar-refractivity contribution is 0.309. The Morgan fingerprint density at radius 3 is 2.85 bits per heavy atom. The van der Waals surface area contributed by atoms with Crippen LogP contribution in [0.3, 0.4) is 0 Å². The zero-order chi connectivity index (χ0) is 9.10. The summed E-state index contributed by atoms with van der Waals surface area (Å²) in [5.74, 6) is 2.34. The van der Waals surface area contributed by atoms with Crippen molar-refractivity contribution in [3.63, 3.8) is 0 Å². The second-order valence-electron chi connectivity index (χ2n) is 3.36. The predicted molar refractivity (Wildman–Crippen MR) is 57.5 cm³/mol. The molecule has 0 amide bonds. The molecule has 0 aliphatic carbocycles. The highest BCUT2D eigenvalue weighted by Crippen LogP contribution is 2.28. The first-order valence-corrected chi connectivity index (χ1v) is 5.71. The standard InChI is InChI=1S/C11H14OS/c1-9-4-2-3-5-11(9)12-8-10-6-7-13-10/h2-5,10H,6-8H2,1H3. The molecule has 1 aliphatic rings. The Bertz CT molecular complexity index is 281. The molecule has 1 unspecified atom stereocenters. The molecule has 1 fully saturated rings. The Kier molecular flexibility index (Phi) is 2.79. The van der Waals surface area contributed by atoms with Crippen LogP contribution in [0.25, 0.3) is 0 Å². The summed E-state index contributed by atoms with van der Waals surface area (Å²) in [6, 6.07) is 8.19. The molecule has 1 aromatic carbocycles. The maximum atomic E-state index is 5.72. The molecule has 0 aromatic heterocycles. The van der Waals surface area contributed by atoms with Gasteiger partial charge in [-0.1, -0.05) is 18.2 Å². The minimum absolute atomic E-state index is 0.736. The summed E-state index contributed by atoms with van der Waals surface area (Å²) >= 11 is 2.01. The van der Waals surface area contributed by atoms with Gasteiger partial charge in [-0.05, 0) is 30.7 Å². The van der Waals surface area contributed by atoms with Gasteiger partial charge in [0.15, 0.2) is 0 Å². The molecule has 0 N–H and O–H groups in total. The summed E-state index contributed by atoms with van der Waals surface area (Å²) in [5.41, 5.74) is 1.23. The molecule has 1 heterocycles. The lowest BCUT2D eigenvalue weighted by atomic mass is 10.2. The van der Waals surface area contributed by atoms with E-state index < -0.39 is 0 Å². The fraction of sp³-hybridized carbons (Fsp3) is 0.455. The van der Waals surface area contributed by atoms with Gasteiger partial charge in [-0.15, -0.1) is 0 Å². The third-order valence-electron chi connectivity index (χ3n) is 2.31. The Morgan fingerprint density at radius 1 is 1.46 bits per heavy atom. The van der Waals surface area contributed by atoms with E-state index in [1.54, 1.807) is 0 Å². The van der Waals surface area contributed by atoms with Crippen molar-refractivity contribution in [3.8, 4) is 5.75 Å². The SMILES string of the molecule is Cc1ccccc1OCC1CCS1. The van der Waals surface area contributed by atoms with Gasteiger partial charge < -0.3 is 4.74 Å². The molecule has 1 nitrogen and oxygen atoms in total.